The van der Waals surface area contributed by atoms with Crippen LogP contribution in [0.25, 0.3) is 0 Å². The molecule has 0 aliphatic carbocycles. The monoisotopic (exact) mass is 321 g/mol. The smallest absolute Gasteiger partial charge is 0.303 e. The second kappa shape index (κ2) is 7.42. The van der Waals surface area contributed by atoms with Crippen LogP contribution in [0.15, 0.2) is 24.3 Å². The molecule has 23 heavy (non-hydrogen) atoms. The van der Waals surface area contributed by atoms with Crippen LogP contribution in [-0.4, -0.2) is 46.9 Å². The standard InChI is InChI=1S/C16H19NO6/c1-9-15(22-10(2)18)13(19)14(20)16(21-9)23-12-5-3-11(4-6-12)7-8-17/h3-6,9,13-16,19-20H,7H2,1-2H3/t9-,13-,14+,15-,16-/m0/s1. The third kappa shape index (κ3) is 4.20. The Bertz CT molecular complexity index is 581. The molecule has 7 nitrogen and oxygen atoms in total. The van der Waals surface area contributed by atoms with Crippen LogP contribution >= 0.6 is 0 Å². The van der Waals surface area contributed by atoms with Gasteiger partial charge in [0, 0.05) is 6.92 Å². The van der Waals surface area contributed by atoms with Crippen LogP contribution in [0.5, 0.6) is 5.75 Å². The molecule has 0 spiro atoms. The maximum atomic E-state index is 11.0. The third-order valence-corrected chi connectivity index (χ3v) is 3.54. The van der Waals surface area contributed by atoms with Gasteiger partial charge in [-0.05, 0) is 24.6 Å². The number of nitriles is 1. The first kappa shape index (κ1) is 17.2. The van der Waals surface area contributed by atoms with E-state index in [0.29, 0.717) is 12.2 Å². The van der Waals surface area contributed by atoms with Crippen LogP contribution in [0.3, 0.4) is 0 Å². The highest BCUT2D eigenvalue weighted by atomic mass is 16.7. The van der Waals surface area contributed by atoms with Gasteiger partial charge in [-0.2, -0.15) is 5.26 Å². The molecule has 0 radical (unpaired) electrons. The van der Waals surface area contributed by atoms with Crippen LogP contribution in [0, 0.1) is 11.3 Å². The van der Waals surface area contributed by atoms with E-state index in [4.69, 9.17) is 19.5 Å². The first-order chi connectivity index (χ1) is 10.9. The number of aliphatic hydroxyl groups excluding tert-OH is 2. The van der Waals surface area contributed by atoms with Crippen molar-refractivity contribution in [2.24, 2.45) is 0 Å². The number of nitrogens with zero attached hydrogens (tertiary/aromatic N) is 1. The lowest BCUT2D eigenvalue weighted by molar-refractivity contribution is -0.272. The van der Waals surface area contributed by atoms with E-state index in [9.17, 15) is 15.0 Å². The van der Waals surface area contributed by atoms with Gasteiger partial charge in [0.15, 0.2) is 6.10 Å². The average molecular weight is 321 g/mol. The predicted molar refractivity (Wildman–Crippen MR) is 78.3 cm³/mol. The number of rotatable bonds is 4. The van der Waals surface area contributed by atoms with Gasteiger partial charge in [0.25, 0.3) is 0 Å². The number of carbonyl (C=O) groups excluding carboxylic acids is 1. The fourth-order valence-electron chi connectivity index (χ4n) is 2.37. The van der Waals surface area contributed by atoms with Crippen LogP contribution in [-0.2, 0) is 20.7 Å². The quantitative estimate of drug-likeness (QED) is 0.778. The van der Waals surface area contributed by atoms with Crippen molar-refractivity contribution < 1.29 is 29.2 Å². The normalized spacial score (nSPS) is 30.3. The molecule has 0 bridgehead atoms. The first-order valence-corrected chi connectivity index (χ1v) is 7.23. The molecule has 1 fully saturated rings. The molecule has 5 atom stereocenters. The van der Waals surface area contributed by atoms with Gasteiger partial charge < -0.3 is 24.4 Å². The lowest BCUT2D eigenvalue weighted by Crippen LogP contribution is -2.59. The molecule has 7 heteroatoms. The van der Waals surface area contributed by atoms with Gasteiger partial charge in [0.2, 0.25) is 6.29 Å². The second-order valence-corrected chi connectivity index (χ2v) is 5.36. The minimum Gasteiger partial charge on any atom is -0.462 e. The number of hydrogen-bond donors (Lipinski definition) is 2. The molecular formula is C16H19NO6. The Morgan fingerprint density at radius 1 is 1.30 bits per heavy atom. The van der Waals surface area contributed by atoms with Crippen LogP contribution < -0.4 is 4.74 Å². The molecule has 0 saturated carbocycles. The number of carbonyl (C=O) groups is 1. The van der Waals surface area contributed by atoms with Gasteiger partial charge in [0.1, 0.15) is 18.0 Å². The van der Waals surface area contributed by atoms with E-state index in [1.54, 1.807) is 31.2 Å². The number of ether oxygens (including phenoxy) is 3. The summed E-state index contributed by atoms with van der Waals surface area (Å²) in [5.74, 6) is -0.134. The first-order valence-electron chi connectivity index (χ1n) is 7.23. The number of aliphatic hydroxyl groups is 2. The fourth-order valence-corrected chi connectivity index (χ4v) is 2.37. The Morgan fingerprint density at radius 2 is 1.96 bits per heavy atom. The van der Waals surface area contributed by atoms with Crippen molar-refractivity contribution in [2.45, 2.75) is 51.0 Å². The Kier molecular flexibility index (Phi) is 5.55. The second-order valence-electron chi connectivity index (χ2n) is 5.36. The molecule has 1 aliphatic heterocycles. The van der Waals surface area contributed by atoms with Crippen molar-refractivity contribution in [3.8, 4) is 11.8 Å². The van der Waals surface area contributed by atoms with Crippen LogP contribution in [0.4, 0.5) is 0 Å². The highest BCUT2D eigenvalue weighted by Crippen LogP contribution is 2.26. The zero-order valence-electron chi connectivity index (χ0n) is 12.9. The van der Waals surface area contributed by atoms with Crippen LogP contribution in [0.1, 0.15) is 19.4 Å². The summed E-state index contributed by atoms with van der Waals surface area (Å²) in [5.41, 5.74) is 0.841. The third-order valence-electron chi connectivity index (χ3n) is 3.54. The molecule has 0 amide bonds. The molecule has 1 aromatic rings. The number of hydrogen-bond acceptors (Lipinski definition) is 7. The summed E-state index contributed by atoms with van der Waals surface area (Å²) in [6, 6.07) is 8.81. The molecule has 0 unspecified atom stereocenters. The van der Waals surface area contributed by atoms with E-state index >= 15 is 0 Å². The van der Waals surface area contributed by atoms with Gasteiger partial charge in [-0.25, -0.2) is 0 Å². The topological polar surface area (TPSA) is 109 Å². The van der Waals surface area contributed by atoms with Crippen molar-refractivity contribution in [1.29, 1.82) is 5.26 Å². The Labute approximate surface area is 134 Å². The van der Waals surface area contributed by atoms with Crippen molar-refractivity contribution in [2.75, 3.05) is 0 Å². The Morgan fingerprint density at radius 3 is 2.52 bits per heavy atom. The summed E-state index contributed by atoms with van der Waals surface area (Å²) in [5, 5.41) is 28.8. The summed E-state index contributed by atoms with van der Waals surface area (Å²) in [4.78, 5) is 11.0. The Hall–Kier alpha value is -2.14. The Balaban J connectivity index is 2.03. The largest absolute Gasteiger partial charge is 0.462 e. The van der Waals surface area contributed by atoms with Crippen molar-refractivity contribution in [1.82, 2.24) is 0 Å². The predicted octanol–water partition coefficient (Wildman–Crippen LogP) is 0.530. The fraction of sp³-hybridized carbons (Fsp3) is 0.500. The van der Waals surface area contributed by atoms with Gasteiger partial charge in [-0.1, -0.05) is 12.1 Å². The molecule has 0 aromatic heterocycles. The lowest BCUT2D eigenvalue weighted by atomic mass is 9.99. The molecule has 2 rings (SSSR count). The summed E-state index contributed by atoms with van der Waals surface area (Å²) < 4.78 is 16.0. The van der Waals surface area contributed by atoms with Gasteiger partial charge in [-0.3, -0.25) is 4.79 Å². The summed E-state index contributed by atoms with van der Waals surface area (Å²) in [7, 11) is 0. The summed E-state index contributed by atoms with van der Waals surface area (Å²) in [6.45, 7) is 2.84. The van der Waals surface area contributed by atoms with E-state index in [1.807, 2.05) is 6.07 Å². The maximum absolute atomic E-state index is 11.0. The molecule has 1 aliphatic rings. The van der Waals surface area contributed by atoms with Gasteiger partial charge >= 0.3 is 5.97 Å². The molecule has 124 valence electrons. The minimum atomic E-state index is -1.37. The van der Waals surface area contributed by atoms with Crippen molar-refractivity contribution >= 4 is 5.97 Å². The van der Waals surface area contributed by atoms with Crippen molar-refractivity contribution in [3.63, 3.8) is 0 Å². The van der Waals surface area contributed by atoms with Gasteiger partial charge in [-0.15, -0.1) is 0 Å². The van der Waals surface area contributed by atoms with E-state index in [1.165, 1.54) is 6.92 Å². The highest BCUT2D eigenvalue weighted by Gasteiger charge is 2.45. The molecule has 1 saturated heterocycles. The highest BCUT2D eigenvalue weighted by molar-refractivity contribution is 5.66. The molecular weight excluding hydrogens is 302 g/mol. The minimum absolute atomic E-state index is 0.294. The summed E-state index contributed by atoms with van der Waals surface area (Å²) in [6.07, 6.45) is -5.07. The zero-order valence-corrected chi connectivity index (χ0v) is 12.9. The molecule has 1 heterocycles. The van der Waals surface area contributed by atoms with Crippen LogP contribution in [0.2, 0.25) is 0 Å². The van der Waals surface area contributed by atoms with E-state index in [-0.39, 0.29) is 0 Å². The van der Waals surface area contributed by atoms with E-state index in [0.717, 1.165) is 5.56 Å². The molecule has 2 N–H and O–H groups in total. The maximum Gasteiger partial charge on any atom is 0.303 e. The average Bonchev–Trinajstić information content (AvgIpc) is 2.51. The van der Waals surface area contributed by atoms with Gasteiger partial charge in [0.05, 0.1) is 18.6 Å². The summed E-state index contributed by atoms with van der Waals surface area (Å²) >= 11 is 0. The number of benzene rings is 1. The molecule has 1 aromatic carbocycles. The lowest BCUT2D eigenvalue weighted by Gasteiger charge is -2.40. The van der Waals surface area contributed by atoms with E-state index < -0.39 is 36.7 Å². The van der Waals surface area contributed by atoms with E-state index in [2.05, 4.69) is 0 Å². The zero-order chi connectivity index (χ0) is 17.0. The van der Waals surface area contributed by atoms with Crippen molar-refractivity contribution in [3.05, 3.63) is 29.8 Å². The number of esters is 1. The SMILES string of the molecule is CC(=O)O[C@@H]1[C@@H](O)[C@@H](O)[C@H](Oc2ccc(CC#N)cc2)O[C@H]1C.